The predicted molar refractivity (Wildman–Crippen MR) is 74.4 cm³/mol. The highest BCUT2D eigenvalue weighted by Crippen LogP contribution is 2.27. The van der Waals surface area contributed by atoms with Crippen molar-refractivity contribution in [3.63, 3.8) is 0 Å². The molecular formula is C15H21N3. The van der Waals surface area contributed by atoms with Crippen molar-refractivity contribution in [2.45, 2.75) is 45.2 Å². The molecule has 3 heteroatoms. The fraction of sp³-hybridized carbons (Fsp3) is 0.533. The molecule has 1 fully saturated rings. The molecule has 0 aromatic carbocycles. The number of pyridine rings is 1. The van der Waals surface area contributed by atoms with E-state index < -0.39 is 0 Å². The average Bonchev–Trinajstić information content (AvgIpc) is 3.06. The van der Waals surface area contributed by atoms with Crippen LogP contribution >= 0.6 is 0 Å². The molecule has 0 aliphatic heterocycles. The van der Waals surface area contributed by atoms with E-state index in [9.17, 15) is 0 Å². The zero-order chi connectivity index (χ0) is 12.4. The summed E-state index contributed by atoms with van der Waals surface area (Å²) < 4.78 is 0. The largest absolute Gasteiger partial charge is 0.346 e. The van der Waals surface area contributed by atoms with Gasteiger partial charge in [0.05, 0.1) is 0 Å². The van der Waals surface area contributed by atoms with Crippen LogP contribution in [-0.4, -0.2) is 16.0 Å². The number of nitrogens with one attached hydrogen (secondary N) is 2. The molecular weight excluding hydrogens is 222 g/mol. The van der Waals surface area contributed by atoms with E-state index in [0.717, 1.165) is 18.1 Å². The number of H-pyrrole nitrogens is 1. The van der Waals surface area contributed by atoms with E-state index in [1.807, 2.05) is 12.3 Å². The molecule has 0 bridgehead atoms. The van der Waals surface area contributed by atoms with Crippen LogP contribution in [0.1, 0.15) is 38.2 Å². The van der Waals surface area contributed by atoms with Crippen LogP contribution in [0.2, 0.25) is 0 Å². The van der Waals surface area contributed by atoms with Crippen LogP contribution in [0, 0.1) is 5.92 Å². The molecule has 3 rings (SSSR count). The first-order valence-electron chi connectivity index (χ1n) is 6.99. The van der Waals surface area contributed by atoms with Crippen LogP contribution in [0.5, 0.6) is 0 Å². The van der Waals surface area contributed by atoms with Gasteiger partial charge >= 0.3 is 0 Å². The summed E-state index contributed by atoms with van der Waals surface area (Å²) >= 11 is 0. The average molecular weight is 243 g/mol. The SMILES string of the molecule is CC(NCc1c[nH]c2ncccc12)C1CCCC1. The van der Waals surface area contributed by atoms with Gasteiger partial charge in [-0.15, -0.1) is 0 Å². The molecule has 2 aromatic heterocycles. The summed E-state index contributed by atoms with van der Waals surface area (Å²) in [5.74, 6) is 0.869. The van der Waals surface area contributed by atoms with Crippen molar-refractivity contribution in [2.75, 3.05) is 0 Å². The fourth-order valence-corrected chi connectivity index (χ4v) is 3.05. The van der Waals surface area contributed by atoms with Gasteiger partial charge < -0.3 is 10.3 Å². The number of rotatable bonds is 4. The summed E-state index contributed by atoms with van der Waals surface area (Å²) in [4.78, 5) is 7.55. The van der Waals surface area contributed by atoms with Crippen molar-refractivity contribution < 1.29 is 0 Å². The van der Waals surface area contributed by atoms with E-state index in [2.05, 4.69) is 34.5 Å². The maximum absolute atomic E-state index is 4.32. The quantitative estimate of drug-likeness (QED) is 0.865. The first kappa shape index (κ1) is 11.7. The van der Waals surface area contributed by atoms with Crippen LogP contribution in [0.15, 0.2) is 24.5 Å². The summed E-state index contributed by atoms with van der Waals surface area (Å²) in [6, 6.07) is 4.75. The van der Waals surface area contributed by atoms with Crippen molar-refractivity contribution in [2.24, 2.45) is 5.92 Å². The summed E-state index contributed by atoms with van der Waals surface area (Å²) in [5, 5.41) is 4.91. The predicted octanol–water partition coefficient (Wildman–Crippen LogP) is 3.23. The molecule has 0 radical (unpaired) electrons. The zero-order valence-corrected chi connectivity index (χ0v) is 10.9. The number of nitrogens with zero attached hydrogens (tertiary/aromatic N) is 1. The first-order chi connectivity index (χ1) is 8.84. The number of fused-ring (bicyclic) bond motifs is 1. The van der Waals surface area contributed by atoms with E-state index >= 15 is 0 Å². The number of aromatic nitrogens is 2. The van der Waals surface area contributed by atoms with Crippen molar-refractivity contribution in [1.82, 2.24) is 15.3 Å². The summed E-state index contributed by atoms with van der Waals surface area (Å²) in [7, 11) is 0. The Labute approximate surface area is 108 Å². The minimum atomic E-state index is 0.620. The molecule has 18 heavy (non-hydrogen) atoms. The molecule has 3 nitrogen and oxygen atoms in total. The second-order valence-electron chi connectivity index (χ2n) is 5.43. The van der Waals surface area contributed by atoms with Gasteiger partial charge in [-0.05, 0) is 43.4 Å². The molecule has 2 N–H and O–H groups in total. The minimum Gasteiger partial charge on any atom is -0.346 e. The summed E-state index contributed by atoms with van der Waals surface area (Å²) in [6.07, 6.45) is 9.51. The van der Waals surface area contributed by atoms with Gasteiger partial charge in [-0.25, -0.2) is 4.98 Å². The molecule has 0 spiro atoms. The topological polar surface area (TPSA) is 40.7 Å². The van der Waals surface area contributed by atoms with E-state index in [-0.39, 0.29) is 0 Å². The lowest BCUT2D eigenvalue weighted by molar-refractivity contribution is 0.381. The minimum absolute atomic E-state index is 0.620. The first-order valence-corrected chi connectivity index (χ1v) is 6.99. The Kier molecular flexibility index (Phi) is 3.33. The monoisotopic (exact) mass is 243 g/mol. The molecule has 1 unspecified atom stereocenters. The summed E-state index contributed by atoms with van der Waals surface area (Å²) in [5.41, 5.74) is 2.31. The third kappa shape index (κ3) is 2.27. The maximum atomic E-state index is 4.32. The van der Waals surface area contributed by atoms with Crippen LogP contribution < -0.4 is 5.32 Å². The summed E-state index contributed by atoms with van der Waals surface area (Å²) in [6.45, 7) is 3.26. The molecule has 0 saturated heterocycles. The molecule has 2 heterocycles. The van der Waals surface area contributed by atoms with E-state index in [1.54, 1.807) is 0 Å². The zero-order valence-electron chi connectivity index (χ0n) is 10.9. The van der Waals surface area contributed by atoms with Crippen LogP contribution in [0.4, 0.5) is 0 Å². The highest BCUT2D eigenvalue weighted by molar-refractivity contribution is 5.79. The van der Waals surface area contributed by atoms with Gasteiger partial charge in [-0.3, -0.25) is 0 Å². The second kappa shape index (κ2) is 5.11. The highest BCUT2D eigenvalue weighted by atomic mass is 14.9. The normalized spacial score (nSPS) is 18.5. The lowest BCUT2D eigenvalue weighted by Crippen LogP contribution is -2.31. The molecule has 0 amide bonds. The van der Waals surface area contributed by atoms with Crippen molar-refractivity contribution in [1.29, 1.82) is 0 Å². The van der Waals surface area contributed by atoms with Gasteiger partial charge in [0.2, 0.25) is 0 Å². The Hall–Kier alpha value is -1.35. The standard InChI is InChI=1S/C15H21N3/c1-11(12-5-2-3-6-12)17-9-13-10-18-15-14(13)7-4-8-16-15/h4,7-8,10-12,17H,2-3,5-6,9H2,1H3,(H,16,18). The lowest BCUT2D eigenvalue weighted by Gasteiger charge is -2.20. The Morgan fingerprint density at radius 2 is 2.28 bits per heavy atom. The van der Waals surface area contributed by atoms with Crippen molar-refractivity contribution in [3.8, 4) is 0 Å². The van der Waals surface area contributed by atoms with Crippen LogP contribution in [0.25, 0.3) is 11.0 Å². The van der Waals surface area contributed by atoms with Gasteiger partial charge in [-0.2, -0.15) is 0 Å². The third-order valence-electron chi connectivity index (χ3n) is 4.26. The number of hydrogen-bond acceptors (Lipinski definition) is 2. The van der Waals surface area contributed by atoms with Crippen molar-refractivity contribution >= 4 is 11.0 Å². The van der Waals surface area contributed by atoms with Gasteiger partial charge in [0.15, 0.2) is 0 Å². The third-order valence-corrected chi connectivity index (χ3v) is 4.26. The van der Waals surface area contributed by atoms with Crippen molar-refractivity contribution in [3.05, 3.63) is 30.1 Å². The molecule has 1 aliphatic carbocycles. The Balaban J connectivity index is 1.65. The van der Waals surface area contributed by atoms with Crippen LogP contribution in [-0.2, 0) is 6.54 Å². The Morgan fingerprint density at radius 3 is 3.11 bits per heavy atom. The molecule has 2 aromatic rings. The van der Waals surface area contributed by atoms with Crippen LogP contribution in [0.3, 0.4) is 0 Å². The van der Waals surface area contributed by atoms with Gasteiger partial charge in [0, 0.05) is 30.4 Å². The van der Waals surface area contributed by atoms with E-state index in [0.29, 0.717) is 6.04 Å². The van der Waals surface area contributed by atoms with E-state index in [1.165, 1.54) is 36.6 Å². The second-order valence-corrected chi connectivity index (χ2v) is 5.43. The Bertz CT molecular complexity index is 511. The lowest BCUT2D eigenvalue weighted by atomic mass is 9.99. The molecule has 1 atom stereocenters. The Morgan fingerprint density at radius 1 is 1.44 bits per heavy atom. The maximum Gasteiger partial charge on any atom is 0.137 e. The van der Waals surface area contributed by atoms with Gasteiger partial charge in [0.1, 0.15) is 5.65 Å². The fourth-order valence-electron chi connectivity index (χ4n) is 3.05. The molecule has 1 saturated carbocycles. The number of hydrogen-bond donors (Lipinski definition) is 2. The molecule has 96 valence electrons. The number of aromatic amines is 1. The highest BCUT2D eigenvalue weighted by Gasteiger charge is 2.21. The molecule has 1 aliphatic rings. The van der Waals surface area contributed by atoms with Gasteiger partial charge in [-0.1, -0.05) is 12.8 Å². The van der Waals surface area contributed by atoms with E-state index in [4.69, 9.17) is 0 Å². The van der Waals surface area contributed by atoms with Gasteiger partial charge in [0.25, 0.3) is 0 Å². The smallest absolute Gasteiger partial charge is 0.137 e.